The number of thiazole rings is 1. The number of nitrogens with zero attached hydrogens (tertiary/aromatic N) is 2. The summed E-state index contributed by atoms with van der Waals surface area (Å²) in [7, 11) is 3.11. The minimum Gasteiger partial charge on any atom is -0.497 e. The Kier molecular flexibility index (Phi) is 6.11. The number of aromatic nitrogens is 1. The molecule has 0 fully saturated rings. The van der Waals surface area contributed by atoms with Gasteiger partial charge in [0, 0.05) is 5.02 Å². The minimum atomic E-state index is -0.220. The lowest BCUT2D eigenvalue weighted by atomic mass is 10.1. The van der Waals surface area contributed by atoms with Gasteiger partial charge in [0.2, 0.25) is 0 Å². The normalized spacial score (nSPS) is 10.8. The number of halogens is 1. The molecule has 0 aliphatic heterocycles. The van der Waals surface area contributed by atoms with E-state index in [0.717, 1.165) is 21.3 Å². The molecule has 0 unspecified atom stereocenters. The predicted molar refractivity (Wildman–Crippen MR) is 126 cm³/mol. The van der Waals surface area contributed by atoms with Gasteiger partial charge in [0.25, 0.3) is 5.91 Å². The molecule has 4 rings (SSSR count). The van der Waals surface area contributed by atoms with Crippen LogP contribution in [0.15, 0.2) is 60.7 Å². The van der Waals surface area contributed by atoms with Crippen molar-refractivity contribution in [3.63, 3.8) is 0 Å². The van der Waals surface area contributed by atoms with Gasteiger partial charge in [-0.05, 0) is 48.4 Å². The fourth-order valence-corrected chi connectivity index (χ4v) is 4.50. The van der Waals surface area contributed by atoms with Gasteiger partial charge in [-0.2, -0.15) is 0 Å². The molecule has 0 saturated carbocycles. The third-order valence-electron chi connectivity index (χ3n) is 5.03. The molecule has 1 heterocycles. The average Bonchev–Trinajstić information content (AvgIpc) is 3.24. The van der Waals surface area contributed by atoms with Crippen LogP contribution in [0.4, 0.5) is 5.13 Å². The van der Waals surface area contributed by atoms with Crippen molar-refractivity contribution in [2.45, 2.75) is 13.5 Å². The zero-order valence-electron chi connectivity index (χ0n) is 17.4. The first-order valence-electron chi connectivity index (χ1n) is 9.65. The number of hydrogen-bond acceptors (Lipinski definition) is 5. The summed E-state index contributed by atoms with van der Waals surface area (Å²) in [5.74, 6) is 0.836. The van der Waals surface area contributed by atoms with E-state index < -0.39 is 0 Å². The minimum absolute atomic E-state index is 0.220. The number of carbonyl (C=O) groups is 1. The van der Waals surface area contributed by atoms with Gasteiger partial charge in [-0.25, -0.2) is 4.98 Å². The Bertz CT molecular complexity index is 1240. The van der Waals surface area contributed by atoms with Crippen LogP contribution < -0.4 is 14.4 Å². The Morgan fingerprint density at radius 2 is 1.84 bits per heavy atom. The molecule has 4 aromatic rings. The van der Waals surface area contributed by atoms with Gasteiger partial charge in [0.05, 0.1) is 36.5 Å². The highest BCUT2D eigenvalue weighted by Crippen LogP contribution is 2.36. The summed E-state index contributed by atoms with van der Waals surface area (Å²) in [6.07, 6.45) is 0. The summed E-state index contributed by atoms with van der Waals surface area (Å²) in [4.78, 5) is 20.2. The fraction of sp³-hybridized carbons (Fsp3) is 0.167. The first-order chi connectivity index (χ1) is 15.0. The molecule has 1 amide bonds. The molecule has 0 aliphatic carbocycles. The van der Waals surface area contributed by atoms with Gasteiger partial charge in [-0.15, -0.1) is 0 Å². The van der Waals surface area contributed by atoms with Crippen molar-refractivity contribution in [3.8, 4) is 11.5 Å². The van der Waals surface area contributed by atoms with Crippen molar-refractivity contribution in [1.29, 1.82) is 0 Å². The Balaban J connectivity index is 1.84. The van der Waals surface area contributed by atoms with Crippen molar-refractivity contribution in [1.82, 2.24) is 4.98 Å². The summed E-state index contributed by atoms with van der Waals surface area (Å²) in [6, 6.07) is 18.8. The predicted octanol–water partition coefficient (Wildman–Crippen LogP) is 6.12. The lowest BCUT2D eigenvalue weighted by Crippen LogP contribution is -2.30. The van der Waals surface area contributed by atoms with Crippen LogP contribution >= 0.6 is 22.9 Å². The summed E-state index contributed by atoms with van der Waals surface area (Å²) < 4.78 is 11.8. The molecule has 0 bridgehead atoms. The highest BCUT2D eigenvalue weighted by Gasteiger charge is 2.25. The standard InChI is InChI=1S/C24H21ClN2O3S/c1-15-19(25)10-12-21-22(15)26-24(31-21)27(14-16-7-5-4-6-8-16)23(28)18-13-17(29-2)9-11-20(18)30-3/h4-13H,14H2,1-3H3. The van der Waals surface area contributed by atoms with Crippen LogP contribution in [0.2, 0.25) is 5.02 Å². The summed E-state index contributed by atoms with van der Waals surface area (Å²) in [5, 5.41) is 1.25. The lowest BCUT2D eigenvalue weighted by Gasteiger charge is -2.21. The van der Waals surface area contributed by atoms with Gasteiger partial charge in [-0.1, -0.05) is 53.3 Å². The first kappa shape index (κ1) is 21.2. The van der Waals surface area contributed by atoms with Crippen molar-refractivity contribution >= 4 is 44.2 Å². The number of amides is 1. The van der Waals surface area contributed by atoms with Crippen molar-refractivity contribution < 1.29 is 14.3 Å². The van der Waals surface area contributed by atoms with Crippen LogP contribution in [0.5, 0.6) is 11.5 Å². The van der Waals surface area contributed by atoms with Gasteiger partial charge in [0.1, 0.15) is 11.5 Å². The smallest absolute Gasteiger partial charge is 0.264 e. The van der Waals surface area contributed by atoms with Crippen LogP contribution in [0.3, 0.4) is 0 Å². The molecular weight excluding hydrogens is 432 g/mol. The molecule has 5 nitrogen and oxygen atoms in total. The van der Waals surface area contributed by atoms with E-state index in [1.54, 1.807) is 37.3 Å². The monoisotopic (exact) mass is 452 g/mol. The molecule has 158 valence electrons. The van der Waals surface area contributed by atoms with Gasteiger partial charge in [-0.3, -0.25) is 9.69 Å². The maximum absolute atomic E-state index is 13.8. The van der Waals surface area contributed by atoms with Crippen LogP contribution in [-0.2, 0) is 6.54 Å². The van der Waals surface area contributed by atoms with E-state index in [-0.39, 0.29) is 5.91 Å². The van der Waals surface area contributed by atoms with E-state index in [0.29, 0.717) is 33.8 Å². The Morgan fingerprint density at radius 3 is 2.55 bits per heavy atom. The zero-order chi connectivity index (χ0) is 22.0. The van der Waals surface area contributed by atoms with Crippen LogP contribution in [0.1, 0.15) is 21.5 Å². The molecule has 1 aromatic heterocycles. The first-order valence-corrected chi connectivity index (χ1v) is 10.8. The Hall–Kier alpha value is -3.09. The Morgan fingerprint density at radius 1 is 1.06 bits per heavy atom. The highest BCUT2D eigenvalue weighted by molar-refractivity contribution is 7.22. The third-order valence-corrected chi connectivity index (χ3v) is 6.49. The average molecular weight is 453 g/mol. The van der Waals surface area contributed by atoms with E-state index in [9.17, 15) is 4.79 Å². The number of rotatable bonds is 6. The van der Waals surface area contributed by atoms with Crippen molar-refractivity contribution in [2.75, 3.05) is 19.1 Å². The van der Waals surface area contributed by atoms with Crippen LogP contribution in [0.25, 0.3) is 10.2 Å². The van der Waals surface area contributed by atoms with E-state index in [1.807, 2.05) is 49.4 Å². The fourth-order valence-electron chi connectivity index (χ4n) is 3.32. The second kappa shape index (κ2) is 8.96. The Labute approximate surface area is 189 Å². The number of anilines is 1. The number of benzene rings is 3. The maximum atomic E-state index is 13.8. The van der Waals surface area contributed by atoms with Gasteiger partial charge >= 0.3 is 0 Å². The zero-order valence-corrected chi connectivity index (χ0v) is 19.0. The molecule has 0 radical (unpaired) electrons. The van der Waals surface area contributed by atoms with E-state index in [1.165, 1.54) is 11.3 Å². The molecule has 3 aromatic carbocycles. The summed E-state index contributed by atoms with van der Waals surface area (Å²) in [6.45, 7) is 2.30. The van der Waals surface area contributed by atoms with Crippen molar-refractivity contribution in [3.05, 3.63) is 82.4 Å². The van der Waals surface area contributed by atoms with Crippen molar-refractivity contribution in [2.24, 2.45) is 0 Å². The second-order valence-corrected chi connectivity index (χ2v) is 8.37. The lowest BCUT2D eigenvalue weighted by molar-refractivity contribution is 0.0982. The molecule has 31 heavy (non-hydrogen) atoms. The number of fused-ring (bicyclic) bond motifs is 1. The number of ether oxygens (including phenoxy) is 2. The molecule has 0 spiro atoms. The van der Waals surface area contributed by atoms with Gasteiger partial charge < -0.3 is 9.47 Å². The molecule has 0 saturated heterocycles. The number of hydrogen-bond donors (Lipinski definition) is 0. The second-order valence-electron chi connectivity index (χ2n) is 6.96. The van der Waals surface area contributed by atoms with E-state index >= 15 is 0 Å². The van der Waals surface area contributed by atoms with Crippen LogP contribution in [-0.4, -0.2) is 25.1 Å². The topological polar surface area (TPSA) is 51.7 Å². The number of carbonyl (C=O) groups excluding carboxylic acids is 1. The van der Waals surface area contributed by atoms with Gasteiger partial charge in [0.15, 0.2) is 5.13 Å². The summed E-state index contributed by atoms with van der Waals surface area (Å²) in [5.41, 5.74) is 3.10. The SMILES string of the molecule is COc1ccc(OC)c(C(=O)N(Cc2ccccc2)c2nc3c(C)c(Cl)ccc3s2)c1. The van der Waals surface area contributed by atoms with E-state index in [4.69, 9.17) is 26.1 Å². The van der Waals surface area contributed by atoms with Crippen LogP contribution in [0, 0.1) is 6.92 Å². The quantitative estimate of drug-likeness (QED) is 0.353. The molecule has 7 heteroatoms. The number of methoxy groups -OCH3 is 2. The molecule has 0 aliphatic rings. The summed E-state index contributed by atoms with van der Waals surface area (Å²) >= 11 is 7.75. The molecule has 0 N–H and O–H groups in total. The molecule has 0 atom stereocenters. The third kappa shape index (κ3) is 4.22. The number of aryl methyl sites for hydroxylation is 1. The maximum Gasteiger partial charge on any atom is 0.264 e. The largest absolute Gasteiger partial charge is 0.497 e. The molecular formula is C24H21ClN2O3S. The highest BCUT2D eigenvalue weighted by atomic mass is 35.5. The van der Waals surface area contributed by atoms with E-state index in [2.05, 4.69) is 0 Å².